The van der Waals surface area contributed by atoms with E-state index in [1.807, 2.05) is 41.7 Å². The predicted octanol–water partition coefficient (Wildman–Crippen LogP) is 2.99. The molecular formula is C13H29NO2. The molecule has 0 aromatic carbocycles. The first-order valence-electron chi connectivity index (χ1n) is 5.49. The summed E-state index contributed by atoms with van der Waals surface area (Å²) >= 11 is 0. The summed E-state index contributed by atoms with van der Waals surface area (Å²) in [5, 5.41) is 0. The van der Waals surface area contributed by atoms with Crippen molar-refractivity contribution >= 4 is 11.7 Å². The Hall–Kier alpha value is -0.860. The second kappa shape index (κ2) is 10.7. The largest absolute Gasteiger partial charge is 0.346 e. The Morgan fingerprint density at radius 2 is 1.38 bits per heavy atom. The van der Waals surface area contributed by atoms with Crippen LogP contribution in [0.3, 0.4) is 0 Å². The maximum atomic E-state index is 11.0. The molecule has 0 atom stereocenters. The van der Waals surface area contributed by atoms with Crippen LogP contribution >= 0.6 is 0 Å². The first-order valence-corrected chi connectivity index (χ1v) is 5.49. The van der Waals surface area contributed by atoms with Gasteiger partial charge >= 0.3 is 0 Å². The third kappa shape index (κ3) is 11.2. The summed E-state index contributed by atoms with van der Waals surface area (Å²) in [4.78, 5) is 22.9. The molecule has 0 fully saturated rings. The van der Waals surface area contributed by atoms with Gasteiger partial charge in [0.1, 0.15) is 5.78 Å². The highest BCUT2D eigenvalue weighted by Crippen LogP contribution is 1.96. The molecule has 0 rings (SSSR count). The summed E-state index contributed by atoms with van der Waals surface area (Å²) in [6.45, 7) is 12.0. The summed E-state index contributed by atoms with van der Waals surface area (Å²) in [7, 11) is 1.82. The molecule has 0 N–H and O–H groups in total. The fourth-order valence-corrected chi connectivity index (χ4v) is 0.597. The fourth-order valence-electron chi connectivity index (χ4n) is 0.597. The van der Waals surface area contributed by atoms with Crippen molar-refractivity contribution in [3.63, 3.8) is 0 Å². The molecule has 0 aromatic heterocycles. The average Bonchev–Trinajstić information content (AvgIpc) is 2.16. The minimum Gasteiger partial charge on any atom is -0.346 e. The first kappa shape index (κ1) is 20.5. The highest BCUT2D eigenvalue weighted by Gasteiger charge is 2.09. The zero-order chi connectivity index (χ0) is 12.6. The molecular weight excluding hydrogens is 202 g/mol. The van der Waals surface area contributed by atoms with Gasteiger partial charge in [0.05, 0.1) is 0 Å². The molecule has 0 spiro atoms. The van der Waals surface area contributed by atoms with E-state index in [0.717, 1.165) is 6.54 Å². The van der Waals surface area contributed by atoms with Crippen molar-refractivity contribution < 1.29 is 9.59 Å². The van der Waals surface area contributed by atoms with Crippen molar-refractivity contribution in [3.05, 3.63) is 0 Å². The van der Waals surface area contributed by atoms with Gasteiger partial charge in [-0.05, 0) is 13.8 Å². The zero-order valence-electron chi connectivity index (χ0n) is 11.1. The van der Waals surface area contributed by atoms with Crippen LogP contribution in [0.1, 0.15) is 49.0 Å². The van der Waals surface area contributed by atoms with E-state index in [4.69, 9.17) is 0 Å². The molecule has 0 aromatic rings. The molecule has 0 saturated heterocycles. The van der Waals surface area contributed by atoms with Crippen LogP contribution < -0.4 is 0 Å². The molecule has 3 nitrogen and oxygen atoms in total. The lowest BCUT2D eigenvalue weighted by molar-refractivity contribution is -0.132. The van der Waals surface area contributed by atoms with E-state index < -0.39 is 0 Å². The van der Waals surface area contributed by atoms with Gasteiger partial charge < -0.3 is 4.90 Å². The predicted molar refractivity (Wildman–Crippen MR) is 70.4 cm³/mol. The van der Waals surface area contributed by atoms with Crippen LogP contribution in [0.2, 0.25) is 0 Å². The molecule has 3 heteroatoms. The van der Waals surface area contributed by atoms with E-state index >= 15 is 0 Å². The highest BCUT2D eigenvalue weighted by atomic mass is 16.2. The Morgan fingerprint density at radius 3 is 1.44 bits per heavy atom. The molecule has 98 valence electrons. The smallest absolute Gasteiger partial charge is 0.224 e. The molecule has 0 aliphatic rings. The lowest BCUT2D eigenvalue weighted by Gasteiger charge is -2.16. The second-order valence-corrected chi connectivity index (χ2v) is 4.27. The molecule has 0 bridgehead atoms. The third-order valence-corrected chi connectivity index (χ3v) is 2.16. The van der Waals surface area contributed by atoms with Gasteiger partial charge in [-0.2, -0.15) is 0 Å². The summed E-state index contributed by atoms with van der Waals surface area (Å²) in [5.74, 6) is 0.826. The van der Waals surface area contributed by atoms with Gasteiger partial charge in [0, 0.05) is 25.4 Å². The van der Waals surface area contributed by atoms with E-state index in [-0.39, 0.29) is 31.0 Å². The van der Waals surface area contributed by atoms with Crippen LogP contribution in [0.25, 0.3) is 0 Å². The van der Waals surface area contributed by atoms with Gasteiger partial charge in [-0.15, -0.1) is 0 Å². The van der Waals surface area contributed by atoms with Gasteiger partial charge in [-0.25, -0.2) is 0 Å². The van der Waals surface area contributed by atoms with Crippen molar-refractivity contribution in [3.8, 4) is 0 Å². The summed E-state index contributed by atoms with van der Waals surface area (Å²) in [5.41, 5.74) is 0. The Labute approximate surface area is 101 Å². The summed E-state index contributed by atoms with van der Waals surface area (Å²) < 4.78 is 0. The number of carbonyl (C=O) groups is 2. The van der Waals surface area contributed by atoms with Crippen LogP contribution in [0.4, 0.5) is 0 Å². The molecule has 0 unspecified atom stereocenters. The Balaban J connectivity index is -0.000000214. The maximum Gasteiger partial charge on any atom is 0.224 e. The number of amides is 1. The van der Waals surface area contributed by atoms with Crippen molar-refractivity contribution in [2.45, 2.75) is 49.0 Å². The lowest BCUT2D eigenvalue weighted by Crippen LogP contribution is -2.29. The number of Topliss-reactive ketones (excluding diaryl/α,β-unsaturated/α-hetero) is 1. The van der Waals surface area contributed by atoms with Crippen molar-refractivity contribution in [1.82, 2.24) is 4.90 Å². The van der Waals surface area contributed by atoms with Crippen molar-refractivity contribution in [1.29, 1.82) is 0 Å². The van der Waals surface area contributed by atoms with Gasteiger partial charge in [0.25, 0.3) is 0 Å². The molecule has 0 aliphatic heterocycles. The van der Waals surface area contributed by atoms with Gasteiger partial charge in [0.15, 0.2) is 0 Å². The summed E-state index contributed by atoms with van der Waals surface area (Å²) in [6, 6.07) is 0. The van der Waals surface area contributed by atoms with E-state index in [2.05, 4.69) is 0 Å². The third-order valence-electron chi connectivity index (χ3n) is 2.16. The Morgan fingerprint density at radius 1 is 1.06 bits per heavy atom. The quantitative estimate of drug-likeness (QED) is 0.749. The van der Waals surface area contributed by atoms with Crippen molar-refractivity contribution in [2.24, 2.45) is 11.8 Å². The summed E-state index contributed by atoms with van der Waals surface area (Å²) in [6.07, 6.45) is 0. The number of ketones is 1. The topological polar surface area (TPSA) is 37.4 Å². The Bertz CT molecular complexity index is 198. The van der Waals surface area contributed by atoms with Crippen LogP contribution in [0.15, 0.2) is 0 Å². The van der Waals surface area contributed by atoms with Gasteiger partial charge in [0.2, 0.25) is 5.91 Å². The standard InChI is InChI=1S/C7H15NO.C5H10O.CH4/c1-5-8(4)7(9)6(2)3;1-4(2)5(3)6;/h6H,5H2,1-4H3;4H,1-3H3;1H4. The molecule has 16 heavy (non-hydrogen) atoms. The van der Waals surface area contributed by atoms with Crippen LogP contribution in [0.5, 0.6) is 0 Å². The van der Waals surface area contributed by atoms with Crippen LogP contribution in [0, 0.1) is 11.8 Å². The normalized spacial score (nSPS) is 9.06. The van der Waals surface area contributed by atoms with Crippen LogP contribution in [-0.2, 0) is 9.59 Å². The second-order valence-electron chi connectivity index (χ2n) is 4.27. The monoisotopic (exact) mass is 231 g/mol. The van der Waals surface area contributed by atoms with E-state index in [0.29, 0.717) is 0 Å². The number of carbonyl (C=O) groups excluding carboxylic acids is 2. The van der Waals surface area contributed by atoms with E-state index in [1.165, 1.54) is 0 Å². The SMILES string of the molecule is C.CC(=O)C(C)C.CCN(C)C(=O)C(C)C. The minimum absolute atomic E-state index is 0. The molecule has 0 radical (unpaired) electrons. The lowest BCUT2D eigenvalue weighted by atomic mass is 10.1. The minimum atomic E-state index is 0. The first-order chi connectivity index (χ1) is 6.73. The molecule has 1 amide bonds. The van der Waals surface area contributed by atoms with E-state index in [9.17, 15) is 9.59 Å². The van der Waals surface area contributed by atoms with Gasteiger partial charge in [-0.3, -0.25) is 9.59 Å². The number of hydrogen-bond acceptors (Lipinski definition) is 2. The molecule has 0 aliphatic carbocycles. The molecule has 0 heterocycles. The van der Waals surface area contributed by atoms with Crippen LogP contribution in [-0.4, -0.2) is 30.2 Å². The van der Waals surface area contributed by atoms with Crippen molar-refractivity contribution in [2.75, 3.05) is 13.6 Å². The zero-order valence-corrected chi connectivity index (χ0v) is 11.1. The maximum absolute atomic E-state index is 11.0. The van der Waals surface area contributed by atoms with Gasteiger partial charge in [-0.1, -0.05) is 35.1 Å². The number of rotatable bonds is 3. The van der Waals surface area contributed by atoms with E-state index in [1.54, 1.807) is 11.8 Å². The fraction of sp³-hybridized carbons (Fsp3) is 0.846. The average molecular weight is 231 g/mol. The number of hydrogen-bond donors (Lipinski definition) is 0. The number of nitrogens with zero attached hydrogens (tertiary/aromatic N) is 1. The Kier molecular flexibility index (Phi) is 13.7. The molecule has 0 saturated carbocycles. The highest BCUT2D eigenvalue weighted by molar-refractivity contribution is 5.77.